The second-order valence-corrected chi connectivity index (χ2v) is 8.53. The number of imide groups is 2. The highest BCUT2D eigenvalue weighted by Gasteiger charge is 2.28. The average Bonchev–Trinajstić information content (AvgIpc) is 2.66. The predicted octanol–water partition coefficient (Wildman–Crippen LogP) is 3.60. The number of ether oxygens (including phenoxy) is 1. The Bertz CT molecular complexity index is 1120. The van der Waals surface area contributed by atoms with Gasteiger partial charge in [-0.1, -0.05) is 28.1 Å². The highest BCUT2D eigenvalue weighted by Crippen LogP contribution is 2.34. The lowest BCUT2D eigenvalue weighted by atomic mass is 10.1. The van der Waals surface area contributed by atoms with Crippen LogP contribution in [0, 0.1) is 13.8 Å². The van der Waals surface area contributed by atoms with E-state index in [2.05, 4.69) is 37.2 Å². The third-order valence-corrected chi connectivity index (χ3v) is 5.34. The molecule has 8 nitrogen and oxygen atoms in total. The Morgan fingerprint density at radius 1 is 1.06 bits per heavy atom. The quantitative estimate of drug-likeness (QED) is 0.389. The molecule has 1 aliphatic rings. The van der Waals surface area contributed by atoms with Crippen molar-refractivity contribution in [3.63, 3.8) is 0 Å². The zero-order valence-electron chi connectivity index (χ0n) is 16.5. The van der Waals surface area contributed by atoms with Crippen LogP contribution in [0.3, 0.4) is 0 Å². The fraction of sp³-hybridized carbons (Fsp3) is 0.143. The molecule has 0 bridgehead atoms. The van der Waals surface area contributed by atoms with Gasteiger partial charge in [-0.25, -0.2) is 4.79 Å². The summed E-state index contributed by atoms with van der Waals surface area (Å²) in [7, 11) is 0. The first-order valence-electron chi connectivity index (χ1n) is 9.01. The Kier molecular flexibility index (Phi) is 6.91. The van der Waals surface area contributed by atoms with Gasteiger partial charge in [0.05, 0.1) is 4.47 Å². The van der Waals surface area contributed by atoms with Crippen LogP contribution in [0.2, 0.25) is 0 Å². The van der Waals surface area contributed by atoms with Crippen LogP contribution < -0.4 is 20.7 Å². The number of carbonyl (C=O) groups is 4. The molecule has 0 aromatic heterocycles. The van der Waals surface area contributed by atoms with Crippen LogP contribution in [-0.4, -0.2) is 30.4 Å². The maximum Gasteiger partial charge on any atom is 0.328 e. The van der Waals surface area contributed by atoms with Gasteiger partial charge in [0, 0.05) is 15.7 Å². The SMILES string of the molecule is Cc1ccc(C)c(NC(=O)COc2c(Br)cc(Br)cc2C=C2C(=O)NC(=O)NC2=O)c1. The van der Waals surface area contributed by atoms with E-state index in [1.54, 1.807) is 12.1 Å². The summed E-state index contributed by atoms with van der Waals surface area (Å²) in [5, 5.41) is 6.82. The molecule has 3 N–H and O–H groups in total. The van der Waals surface area contributed by atoms with Gasteiger partial charge in [-0.15, -0.1) is 0 Å². The molecule has 1 saturated heterocycles. The van der Waals surface area contributed by atoms with Gasteiger partial charge in [0.25, 0.3) is 17.7 Å². The van der Waals surface area contributed by atoms with E-state index < -0.39 is 17.8 Å². The first-order chi connectivity index (χ1) is 14.6. The van der Waals surface area contributed by atoms with Crippen molar-refractivity contribution in [3.05, 3.63) is 61.5 Å². The maximum absolute atomic E-state index is 12.4. The van der Waals surface area contributed by atoms with Crippen LogP contribution >= 0.6 is 31.9 Å². The zero-order valence-corrected chi connectivity index (χ0v) is 19.6. The highest BCUT2D eigenvalue weighted by molar-refractivity contribution is 9.11. The van der Waals surface area contributed by atoms with Crippen molar-refractivity contribution in [2.45, 2.75) is 13.8 Å². The minimum atomic E-state index is -0.887. The number of aryl methyl sites for hydroxylation is 2. The Labute approximate surface area is 194 Å². The Hall–Kier alpha value is -2.98. The topological polar surface area (TPSA) is 114 Å². The number of barbiturate groups is 1. The molecule has 3 rings (SSSR count). The minimum absolute atomic E-state index is 0.254. The number of nitrogens with one attached hydrogen (secondary N) is 3. The van der Waals surface area contributed by atoms with E-state index >= 15 is 0 Å². The molecule has 2 aromatic carbocycles. The summed E-state index contributed by atoms with van der Waals surface area (Å²) in [5.41, 5.74) is 2.70. The van der Waals surface area contributed by atoms with Crippen LogP contribution in [0.25, 0.3) is 6.08 Å². The number of hydrogen-bond donors (Lipinski definition) is 3. The van der Waals surface area contributed by atoms with E-state index in [1.807, 2.05) is 42.7 Å². The number of carbonyl (C=O) groups excluding carboxylic acids is 4. The van der Waals surface area contributed by atoms with Gasteiger partial charge in [-0.05, 0) is 65.2 Å². The molecule has 10 heteroatoms. The average molecular weight is 551 g/mol. The third-order valence-electron chi connectivity index (χ3n) is 4.30. The van der Waals surface area contributed by atoms with Gasteiger partial charge in [0.2, 0.25) is 0 Å². The van der Waals surface area contributed by atoms with Crippen molar-refractivity contribution in [1.29, 1.82) is 0 Å². The van der Waals surface area contributed by atoms with E-state index in [1.165, 1.54) is 6.08 Å². The van der Waals surface area contributed by atoms with E-state index in [0.29, 0.717) is 20.2 Å². The predicted molar refractivity (Wildman–Crippen MR) is 122 cm³/mol. The van der Waals surface area contributed by atoms with Gasteiger partial charge in [0.15, 0.2) is 6.61 Å². The van der Waals surface area contributed by atoms with Gasteiger partial charge in [-0.3, -0.25) is 25.0 Å². The van der Waals surface area contributed by atoms with Gasteiger partial charge < -0.3 is 10.1 Å². The summed E-state index contributed by atoms with van der Waals surface area (Å²) in [4.78, 5) is 47.8. The van der Waals surface area contributed by atoms with E-state index in [4.69, 9.17) is 4.74 Å². The standard InChI is InChI=1S/C21H17Br2N3O5/c1-10-3-4-11(2)16(5-10)24-17(27)9-31-18-12(6-13(22)8-15(18)23)7-14-19(28)25-21(30)26-20(14)29/h3-8H,9H2,1-2H3,(H,24,27)(H2,25,26,28,29,30). The Morgan fingerprint density at radius 2 is 1.74 bits per heavy atom. The summed E-state index contributed by atoms with van der Waals surface area (Å²) < 4.78 is 6.85. The van der Waals surface area contributed by atoms with Crippen molar-refractivity contribution in [3.8, 4) is 5.75 Å². The lowest BCUT2D eigenvalue weighted by Crippen LogP contribution is -2.51. The molecule has 31 heavy (non-hydrogen) atoms. The summed E-state index contributed by atoms with van der Waals surface area (Å²) in [6.45, 7) is 3.51. The molecule has 0 saturated carbocycles. The molecule has 0 radical (unpaired) electrons. The second-order valence-electron chi connectivity index (χ2n) is 6.76. The molecule has 2 aromatic rings. The molecular formula is C21H17Br2N3O5. The molecule has 0 atom stereocenters. The lowest BCUT2D eigenvalue weighted by molar-refractivity contribution is -0.124. The number of urea groups is 1. The molecule has 5 amide bonds. The molecule has 0 aliphatic carbocycles. The lowest BCUT2D eigenvalue weighted by Gasteiger charge is -2.16. The summed E-state index contributed by atoms with van der Waals surface area (Å²) in [6.07, 6.45) is 1.28. The van der Waals surface area contributed by atoms with Crippen LogP contribution in [0.1, 0.15) is 16.7 Å². The summed E-state index contributed by atoms with van der Waals surface area (Å²) in [6, 6.07) is 8.15. The van der Waals surface area contributed by atoms with Crippen LogP contribution in [0.15, 0.2) is 44.9 Å². The molecule has 0 unspecified atom stereocenters. The van der Waals surface area contributed by atoms with E-state index in [9.17, 15) is 19.2 Å². The smallest absolute Gasteiger partial charge is 0.328 e. The molecule has 1 fully saturated rings. The number of benzene rings is 2. The Balaban J connectivity index is 1.83. The third kappa shape index (κ3) is 5.59. The van der Waals surface area contributed by atoms with Crippen molar-refractivity contribution in [2.75, 3.05) is 11.9 Å². The number of hydrogen-bond acceptors (Lipinski definition) is 5. The van der Waals surface area contributed by atoms with Crippen molar-refractivity contribution >= 4 is 67.4 Å². The monoisotopic (exact) mass is 549 g/mol. The first kappa shape index (κ1) is 22.7. The van der Waals surface area contributed by atoms with Gasteiger partial charge >= 0.3 is 6.03 Å². The number of anilines is 1. The van der Waals surface area contributed by atoms with E-state index in [0.717, 1.165) is 11.1 Å². The van der Waals surface area contributed by atoms with Crippen molar-refractivity contribution in [1.82, 2.24) is 10.6 Å². The largest absolute Gasteiger partial charge is 0.482 e. The number of halogens is 2. The van der Waals surface area contributed by atoms with Gasteiger partial charge in [-0.2, -0.15) is 0 Å². The molecule has 0 spiro atoms. The van der Waals surface area contributed by atoms with Crippen molar-refractivity contribution in [2.24, 2.45) is 0 Å². The summed E-state index contributed by atoms with van der Waals surface area (Å²) >= 11 is 6.71. The summed E-state index contributed by atoms with van der Waals surface area (Å²) in [5.74, 6) is -1.78. The molecule has 160 valence electrons. The molecule has 1 aliphatic heterocycles. The maximum atomic E-state index is 12.4. The first-order valence-corrected chi connectivity index (χ1v) is 10.6. The zero-order chi connectivity index (χ0) is 22.7. The fourth-order valence-electron chi connectivity index (χ4n) is 2.80. The highest BCUT2D eigenvalue weighted by atomic mass is 79.9. The van der Waals surface area contributed by atoms with Crippen molar-refractivity contribution < 1.29 is 23.9 Å². The molecule has 1 heterocycles. The van der Waals surface area contributed by atoms with Gasteiger partial charge in [0.1, 0.15) is 11.3 Å². The molecular weight excluding hydrogens is 534 g/mol. The number of amides is 5. The minimum Gasteiger partial charge on any atom is -0.482 e. The van der Waals surface area contributed by atoms with Crippen LogP contribution in [0.5, 0.6) is 5.75 Å². The normalized spacial score (nSPS) is 13.4. The Morgan fingerprint density at radius 3 is 2.42 bits per heavy atom. The second kappa shape index (κ2) is 9.44. The van der Waals surface area contributed by atoms with Crippen LogP contribution in [-0.2, 0) is 14.4 Å². The number of rotatable bonds is 5. The van der Waals surface area contributed by atoms with E-state index in [-0.39, 0.29) is 23.8 Å². The fourth-order valence-corrected chi connectivity index (χ4v) is 4.17. The van der Waals surface area contributed by atoms with Crippen LogP contribution in [0.4, 0.5) is 10.5 Å².